The lowest BCUT2D eigenvalue weighted by atomic mass is 10.0. The topological polar surface area (TPSA) is 49.6 Å². The molecule has 2 aliphatic rings. The lowest BCUT2D eigenvalue weighted by molar-refractivity contribution is -0.132. The van der Waals surface area contributed by atoms with Crippen LogP contribution in [-0.4, -0.2) is 47.9 Å². The molecule has 2 heterocycles. The highest BCUT2D eigenvalue weighted by Gasteiger charge is 2.29. The summed E-state index contributed by atoms with van der Waals surface area (Å²) in [7, 11) is 0. The number of benzene rings is 1. The first kappa shape index (κ1) is 14.4. The second kappa shape index (κ2) is 6.48. The normalized spacial score (nSPS) is 23.4. The molecule has 2 fully saturated rings. The van der Waals surface area contributed by atoms with Crippen molar-refractivity contribution in [2.75, 3.05) is 31.9 Å². The van der Waals surface area contributed by atoms with E-state index in [4.69, 9.17) is 5.73 Å². The van der Waals surface area contributed by atoms with E-state index in [-0.39, 0.29) is 5.91 Å². The van der Waals surface area contributed by atoms with Gasteiger partial charge in [-0.15, -0.1) is 0 Å². The maximum Gasteiger partial charge on any atom is 0.227 e. The summed E-state index contributed by atoms with van der Waals surface area (Å²) in [5, 5.41) is 0. The molecule has 0 radical (unpaired) electrons. The number of likely N-dealkylation sites (tertiary alicyclic amines) is 2. The van der Waals surface area contributed by atoms with Crippen LogP contribution >= 0.6 is 0 Å². The Morgan fingerprint density at radius 3 is 2.67 bits per heavy atom. The summed E-state index contributed by atoms with van der Waals surface area (Å²) < 4.78 is 0. The Balaban J connectivity index is 1.60. The van der Waals surface area contributed by atoms with Gasteiger partial charge in [0.25, 0.3) is 0 Å². The van der Waals surface area contributed by atoms with Crippen molar-refractivity contribution >= 4 is 11.6 Å². The zero-order valence-electron chi connectivity index (χ0n) is 12.6. The van der Waals surface area contributed by atoms with Gasteiger partial charge in [-0.2, -0.15) is 0 Å². The number of hydrogen-bond acceptors (Lipinski definition) is 3. The van der Waals surface area contributed by atoms with Crippen LogP contribution < -0.4 is 5.73 Å². The van der Waals surface area contributed by atoms with Crippen molar-refractivity contribution in [2.45, 2.75) is 38.1 Å². The summed E-state index contributed by atoms with van der Waals surface area (Å²) in [5.41, 5.74) is 7.62. The number of para-hydroxylation sites is 1. The van der Waals surface area contributed by atoms with E-state index in [1.807, 2.05) is 29.2 Å². The number of anilines is 1. The standard InChI is InChI=1S/C17H25N3O/c18-16-8-2-1-6-14(16)12-17(21)20-11-5-7-15(13-20)19-9-3-4-10-19/h1-2,6,8,15H,3-5,7,9-13,18H2. The number of nitrogens with zero attached hydrogens (tertiary/aromatic N) is 2. The highest BCUT2D eigenvalue weighted by molar-refractivity contribution is 5.80. The van der Waals surface area contributed by atoms with Crippen molar-refractivity contribution in [3.63, 3.8) is 0 Å². The van der Waals surface area contributed by atoms with Crippen LogP contribution in [0, 0.1) is 0 Å². The number of nitrogens with two attached hydrogens (primary N) is 1. The molecule has 1 atom stereocenters. The number of rotatable bonds is 3. The van der Waals surface area contributed by atoms with Gasteiger partial charge in [-0.1, -0.05) is 18.2 Å². The van der Waals surface area contributed by atoms with Crippen LogP contribution in [0.15, 0.2) is 24.3 Å². The molecule has 2 saturated heterocycles. The summed E-state index contributed by atoms with van der Waals surface area (Å²) in [5.74, 6) is 0.219. The Morgan fingerprint density at radius 2 is 1.90 bits per heavy atom. The van der Waals surface area contributed by atoms with Crippen LogP contribution in [0.1, 0.15) is 31.2 Å². The van der Waals surface area contributed by atoms with Crippen LogP contribution in [0.5, 0.6) is 0 Å². The lowest BCUT2D eigenvalue weighted by Crippen LogP contribution is -2.49. The number of amides is 1. The van der Waals surface area contributed by atoms with Crippen molar-refractivity contribution in [1.82, 2.24) is 9.80 Å². The third-order valence-electron chi connectivity index (χ3n) is 4.80. The Bertz CT molecular complexity index is 497. The molecular weight excluding hydrogens is 262 g/mol. The quantitative estimate of drug-likeness (QED) is 0.864. The summed E-state index contributed by atoms with van der Waals surface area (Å²) >= 11 is 0. The number of carbonyl (C=O) groups is 1. The van der Waals surface area contributed by atoms with E-state index in [9.17, 15) is 4.79 Å². The van der Waals surface area contributed by atoms with E-state index in [1.54, 1.807) is 0 Å². The minimum Gasteiger partial charge on any atom is -0.398 e. The Morgan fingerprint density at radius 1 is 1.14 bits per heavy atom. The fourth-order valence-corrected chi connectivity index (χ4v) is 3.56. The fourth-order valence-electron chi connectivity index (χ4n) is 3.56. The molecule has 1 amide bonds. The Kier molecular flexibility index (Phi) is 4.44. The largest absolute Gasteiger partial charge is 0.398 e. The monoisotopic (exact) mass is 287 g/mol. The van der Waals surface area contributed by atoms with Gasteiger partial charge in [0, 0.05) is 24.8 Å². The summed E-state index contributed by atoms with van der Waals surface area (Å²) in [6, 6.07) is 8.25. The van der Waals surface area contributed by atoms with Gasteiger partial charge in [0.2, 0.25) is 5.91 Å². The number of piperidine rings is 1. The molecule has 21 heavy (non-hydrogen) atoms. The molecule has 4 nitrogen and oxygen atoms in total. The van der Waals surface area contributed by atoms with Gasteiger partial charge in [-0.3, -0.25) is 9.69 Å². The molecule has 1 unspecified atom stereocenters. The number of carbonyl (C=O) groups excluding carboxylic acids is 1. The molecule has 1 aromatic carbocycles. The highest BCUT2D eigenvalue weighted by Crippen LogP contribution is 2.21. The molecule has 0 aliphatic carbocycles. The molecule has 4 heteroatoms. The van der Waals surface area contributed by atoms with Gasteiger partial charge in [0.15, 0.2) is 0 Å². The maximum absolute atomic E-state index is 12.5. The first-order valence-electron chi connectivity index (χ1n) is 8.09. The van der Waals surface area contributed by atoms with E-state index in [0.717, 1.165) is 30.8 Å². The average Bonchev–Trinajstić information content (AvgIpc) is 3.04. The fraction of sp³-hybridized carbons (Fsp3) is 0.588. The van der Waals surface area contributed by atoms with Crippen LogP contribution in [0.2, 0.25) is 0 Å². The van der Waals surface area contributed by atoms with Crippen molar-refractivity contribution in [3.05, 3.63) is 29.8 Å². The van der Waals surface area contributed by atoms with Crippen molar-refractivity contribution in [1.29, 1.82) is 0 Å². The van der Waals surface area contributed by atoms with Gasteiger partial charge < -0.3 is 10.6 Å². The third kappa shape index (κ3) is 3.38. The van der Waals surface area contributed by atoms with Crippen molar-refractivity contribution in [3.8, 4) is 0 Å². The first-order valence-corrected chi connectivity index (χ1v) is 8.09. The van der Waals surface area contributed by atoms with Gasteiger partial charge >= 0.3 is 0 Å². The molecule has 3 rings (SSSR count). The van der Waals surface area contributed by atoms with E-state index in [1.165, 1.54) is 32.4 Å². The predicted octanol–water partition coefficient (Wildman–Crippen LogP) is 1.90. The van der Waals surface area contributed by atoms with Crippen LogP contribution in [0.4, 0.5) is 5.69 Å². The first-order chi connectivity index (χ1) is 10.2. The molecule has 0 saturated carbocycles. The van der Waals surface area contributed by atoms with Gasteiger partial charge in [-0.05, 0) is 50.4 Å². The molecule has 1 aromatic rings. The predicted molar refractivity (Wildman–Crippen MR) is 85.0 cm³/mol. The third-order valence-corrected chi connectivity index (χ3v) is 4.80. The molecule has 0 spiro atoms. The molecule has 2 N–H and O–H groups in total. The second-order valence-electron chi connectivity index (χ2n) is 6.25. The molecule has 0 aromatic heterocycles. The minimum atomic E-state index is 0.219. The average molecular weight is 287 g/mol. The molecule has 114 valence electrons. The van der Waals surface area contributed by atoms with E-state index >= 15 is 0 Å². The smallest absolute Gasteiger partial charge is 0.227 e. The van der Waals surface area contributed by atoms with E-state index < -0.39 is 0 Å². The van der Waals surface area contributed by atoms with Gasteiger partial charge in [-0.25, -0.2) is 0 Å². The Hall–Kier alpha value is -1.55. The minimum absolute atomic E-state index is 0.219. The zero-order chi connectivity index (χ0) is 14.7. The molecular formula is C17H25N3O. The van der Waals surface area contributed by atoms with Gasteiger partial charge in [0.05, 0.1) is 6.42 Å². The lowest BCUT2D eigenvalue weighted by Gasteiger charge is -2.37. The van der Waals surface area contributed by atoms with Crippen LogP contribution in [-0.2, 0) is 11.2 Å². The molecule has 0 bridgehead atoms. The molecule has 2 aliphatic heterocycles. The number of hydrogen-bond donors (Lipinski definition) is 1. The van der Waals surface area contributed by atoms with Crippen LogP contribution in [0.25, 0.3) is 0 Å². The number of nitrogen functional groups attached to an aromatic ring is 1. The van der Waals surface area contributed by atoms with Crippen molar-refractivity contribution < 1.29 is 4.79 Å². The second-order valence-corrected chi connectivity index (χ2v) is 6.25. The van der Waals surface area contributed by atoms with Gasteiger partial charge in [0.1, 0.15) is 0 Å². The summed E-state index contributed by atoms with van der Waals surface area (Å²) in [6.45, 7) is 4.21. The van der Waals surface area contributed by atoms with Crippen LogP contribution in [0.3, 0.4) is 0 Å². The maximum atomic E-state index is 12.5. The zero-order valence-corrected chi connectivity index (χ0v) is 12.6. The highest BCUT2D eigenvalue weighted by atomic mass is 16.2. The van der Waals surface area contributed by atoms with E-state index in [0.29, 0.717) is 12.5 Å². The summed E-state index contributed by atoms with van der Waals surface area (Å²) in [4.78, 5) is 17.1. The van der Waals surface area contributed by atoms with E-state index in [2.05, 4.69) is 4.90 Å². The SMILES string of the molecule is Nc1ccccc1CC(=O)N1CCCC(N2CCCC2)C1. The van der Waals surface area contributed by atoms with Crippen molar-refractivity contribution in [2.24, 2.45) is 0 Å². The Labute approximate surface area is 126 Å². The summed E-state index contributed by atoms with van der Waals surface area (Å²) in [6.07, 6.45) is 5.41.